The molecule has 0 N–H and O–H groups in total. The number of benzene rings is 2. The van der Waals surface area contributed by atoms with Crippen molar-refractivity contribution in [3.05, 3.63) is 60.5 Å². The lowest BCUT2D eigenvalue weighted by Crippen LogP contribution is -2.53. The molecule has 0 bridgehead atoms. The van der Waals surface area contributed by atoms with E-state index in [-0.39, 0.29) is 12.5 Å². The fraction of sp³-hybridized carbons (Fsp3) is 0.318. The Morgan fingerprint density at radius 3 is 2.50 bits per heavy atom. The number of nitrogens with zero attached hydrogens (tertiary/aromatic N) is 4. The predicted molar refractivity (Wildman–Crippen MR) is 108 cm³/mol. The number of amides is 1. The van der Waals surface area contributed by atoms with Crippen LogP contribution in [-0.2, 0) is 11.3 Å². The van der Waals surface area contributed by atoms with Crippen LogP contribution in [0.4, 0.5) is 0 Å². The molecule has 1 unspecified atom stereocenters. The van der Waals surface area contributed by atoms with Crippen LogP contribution < -0.4 is 9.47 Å². The van der Waals surface area contributed by atoms with E-state index in [9.17, 15) is 4.79 Å². The van der Waals surface area contributed by atoms with Crippen LogP contribution in [-0.4, -0.2) is 64.7 Å². The summed E-state index contributed by atoms with van der Waals surface area (Å²) in [5, 5.41) is 4.07. The van der Waals surface area contributed by atoms with E-state index in [2.05, 4.69) is 15.0 Å². The van der Waals surface area contributed by atoms with Gasteiger partial charge >= 0.3 is 0 Å². The molecule has 1 aromatic heterocycles. The highest BCUT2D eigenvalue weighted by Crippen LogP contribution is 2.31. The molecular formula is C22H22N4O4. The SMILES string of the molecule is O=C(C1COc2ccccc2O1)N1CCN(Cc2nc(-c3ccccc3)no2)CC1. The minimum absolute atomic E-state index is 0.0340. The molecule has 154 valence electrons. The maximum Gasteiger partial charge on any atom is 0.267 e. The Morgan fingerprint density at radius 1 is 0.967 bits per heavy atom. The molecule has 30 heavy (non-hydrogen) atoms. The molecule has 0 saturated carbocycles. The summed E-state index contributed by atoms with van der Waals surface area (Å²) in [6.07, 6.45) is -0.601. The second-order valence-electron chi connectivity index (χ2n) is 7.34. The van der Waals surface area contributed by atoms with Crippen molar-refractivity contribution in [2.45, 2.75) is 12.6 Å². The maximum atomic E-state index is 12.8. The van der Waals surface area contributed by atoms with E-state index < -0.39 is 6.10 Å². The van der Waals surface area contributed by atoms with Gasteiger partial charge in [-0.25, -0.2) is 0 Å². The predicted octanol–water partition coefficient (Wildman–Crippen LogP) is 2.22. The number of ether oxygens (including phenoxy) is 2. The van der Waals surface area contributed by atoms with E-state index in [0.29, 0.717) is 42.8 Å². The van der Waals surface area contributed by atoms with Crippen molar-refractivity contribution >= 4 is 5.91 Å². The maximum absolute atomic E-state index is 12.8. The number of aromatic nitrogens is 2. The molecular weight excluding hydrogens is 384 g/mol. The van der Waals surface area contributed by atoms with Gasteiger partial charge in [0.1, 0.15) is 6.61 Å². The minimum Gasteiger partial charge on any atom is -0.485 e. The molecule has 2 aromatic carbocycles. The van der Waals surface area contributed by atoms with Gasteiger partial charge in [0, 0.05) is 31.7 Å². The van der Waals surface area contributed by atoms with Gasteiger partial charge in [-0.2, -0.15) is 4.98 Å². The molecule has 1 fully saturated rings. The first-order valence-corrected chi connectivity index (χ1v) is 10.0. The highest BCUT2D eigenvalue weighted by Gasteiger charge is 2.32. The average Bonchev–Trinajstić information content (AvgIpc) is 3.28. The molecule has 2 aliphatic rings. The first-order valence-electron chi connectivity index (χ1n) is 10.0. The second kappa shape index (κ2) is 8.16. The third-order valence-corrected chi connectivity index (χ3v) is 5.33. The van der Waals surface area contributed by atoms with Crippen molar-refractivity contribution in [1.82, 2.24) is 19.9 Å². The second-order valence-corrected chi connectivity index (χ2v) is 7.34. The van der Waals surface area contributed by atoms with Gasteiger partial charge in [-0.05, 0) is 12.1 Å². The largest absolute Gasteiger partial charge is 0.485 e. The van der Waals surface area contributed by atoms with Crippen molar-refractivity contribution in [3.8, 4) is 22.9 Å². The molecule has 3 aromatic rings. The lowest BCUT2D eigenvalue weighted by Gasteiger charge is -2.36. The summed E-state index contributed by atoms with van der Waals surface area (Å²) in [6, 6.07) is 17.2. The number of carbonyl (C=O) groups excluding carboxylic acids is 1. The average molecular weight is 406 g/mol. The first kappa shape index (κ1) is 18.6. The van der Waals surface area contributed by atoms with E-state index in [4.69, 9.17) is 14.0 Å². The molecule has 8 nitrogen and oxygen atoms in total. The molecule has 2 aliphatic heterocycles. The zero-order valence-electron chi connectivity index (χ0n) is 16.4. The summed E-state index contributed by atoms with van der Waals surface area (Å²) in [5.41, 5.74) is 0.930. The van der Waals surface area contributed by atoms with Gasteiger partial charge in [-0.15, -0.1) is 0 Å². The number of fused-ring (bicyclic) bond motifs is 1. The van der Waals surface area contributed by atoms with Crippen LogP contribution >= 0.6 is 0 Å². The van der Waals surface area contributed by atoms with Crippen molar-refractivity contribution < 1.29 is 18.8 Å². The quantitative estimate of drug-likeness (QED) is 0.657. The monoisotopic (exact) mass is 406 g/mol. The van der Waals surface area contributed by atoms with E-state index >= 15 is 0 Å². The van der Waals surface area contributed by atoms with Crippen LogP contribution in [0.5, 0.6) is 11.5 Å². The van der Waals surface area contributed by atoms with Crippen LogP contribution in [0.25, 0.3) is 11.4 Å². The van der Waals surface area contributed by atoms with Gasteiger partial charge in [-0.3, -0.25) is 9.69 Å². The Morgan fingerprint density at radius 2 is 1.70 bits per heavy atom. The van der Waals surface area contributed by atoms with Gasteiger partial charge in [0.25, 0.3) is 5.91 Å². The van der Waals surface area contributed by atoms with Crippen molar-refractivity contribution in [2.75, 3.05) is 32.8 Å². The normalized spacial score (nSPS) is 18.9. The van der Waals surface area contributed by atoms with E-state index in [1.54, 1.807) is 0 Å². The number of rotatable bonds is 4. The molecule has 0 aliphatic carbocycles. The molecule has 5 rings (SSSR count). The van der Waals surface area contributed by atoms with Crippen molar-refractivity contribution in [1.29, 1.82) is 0 Å². The van der Waals surface area contributed by atoms with Gasteiger partial charge in [0.05, 0.1) is 6.54 Å². The fourth-order valence-corrected chi connectivity index (χ4v) is 3.69. The molecule has 1 amide bonds. The highest BCUT2D eigenvalue weighted by molar-refractivity contribution is 5.82. The summed E-state index contributed by atoms with van der Waals surface area (Å²) in [6.45, 7) is 3.52. The lowest BCUT2D eigenvalue weighted by atomic mass is 10.2. The Bertz CT molecular complexity index is 1010. The number of hydrogen-bond acceptors (Lipinski definition) is 7. The summed E-state index contributed by atoms with van der Waals surface area (Å²) >= 11 is 0. The summed E-state index contributed by atoms with van der Waals surface area (Å²) in [4.78, 5) is 21.4. The zero-order chi connectivity index (χ0) is 20.3. The zero-order valence-corrected chi connectivity index (χ0v) is 16.4. The Kier molecular flexibility index (Phi) is 5.06. The number of para-hydroxylation sites is 2. The van der Waals surface area contributed by atoms with Crippen molar-refractivity contribution in [3.63, 3.8) is 0 Å². The topological polar surface area (TPSA) is 80.9 Å². The molecule has 3 heterocycles. The third kappa shape index (κ3) is 3.86. The Balaban J connectivity index is 1.14. The van der Waals surface area contributed by atoms with Crippen LogP contribution in [0.2, 0.25) is 0 Å². The molecule has 1 atom stereocenters. The Hall–Kier alpha value is -3.39. The van der Waals surface area contributed by atoms with E-state index in [1.165, 1.54) is 0 Å². The van der Waals surface area contributed by atoms with Crippen LogP contribution in [0.15, 0.2) is 59.1 Å². The highest BCUT2D eigenvalue weighted by atomic mass is 16.6. The summed E-state index contributed by atoms with van der Waals surface area (Å²) in [5.74, 6) is 2.43. The summed E-state index contributed by atoms with van der Waals surface area (Å²) < 4.78 is 16.9. The van der Waals surface area contributed by atoms with E-state index in [1.807, 2.05) is 59.5 Å². The fourth-order valence-electron chi connectivity index (χ4n) is 3.69. The number of carbonyl (C=O) groups is 1. The Labute approximate surface area is 174 Å². The first-order chi connectivity index (χ1) is 14.8. The van der Waals surface area contributed by atoms with Gasteiger partial charge in [0.2, 0.25) is 17.8 Å². The smallest absolute Gasteiger partial charge is 0.267 e. The molecule has 8 heteroatoms. The van der Waals surface area contributed by atoms with Gasteiger partial charge in [-0.1, -0.05) is 47.6 Å². The van der Waals surface area contributed by atoms with Crippen LogP contribution in [0.1, 0.15) is 5.89 Å². The minimum atomic E-state index is -0.601. The molecule has 1 saturated heterocycles. The standard InChI is InChI=1S/C22H22N4O4/c27-22(19-15-28-17-8-4-5-9-18(17)29-19)26-12-10-25(11-13-26)14-20-23-21(24-30-20)16-6-2-1-3-7-16/h1-9,19H,10-15H2. The van der Waals surface area contributed by atoms with Gasteiger partial charge < -0.3 is 18.9 Å². The lowest BCUT2D eigenvalue weighted by molar-refractivity contribution is -0.143. The number of hydrogen-bond donors (Lipinski definition) is 0. The van der Waals surface area contributed by atoms with Crippen molar-refractivity contribution in [2.24, 2.45) is 0 Å². The van der Waals surface area contributed by atoms with E-state index in [0.717, 1.165) is 18.7 Å². The molecule has 0 spiro atoms. The third-order valence-electron chi connectivity index (χ3n) is 5.33. The summed E-state index contributed by atoms with van der Waals surface area (Å²) in [7, 11) is 0. The van der Waals surface area contributed by atoms with Crippen LogP contribution in [0.3, 0.4) is 0 Å². The molecule has 0 radical (unpaired) electrons. The number of piperazine rings is 1. The van der Waals surface area contributed by atoms with Crippen LogP contribution in [0, 0.1) is 0 Å². The van der Waals surface area contributed by atoms with Gasteiger partial charge in [0.15, 0.2) is 11.5 Å².